The molecule has 0 spiro atoms. The summed E-state index contributed by atoms with van der Waals surface area (Å²) in [6.07, 6.45) is 0.713. The van der Waals surface area contributed by atoms with E-state index in [4.69, 9.17) is 10.3 Å². The standard InChI is InChI=1S/C11H17N5O/c1-5-8-13-11(15-17-8)10(12)9-6(2)14-16(4)7(9)3/h10H,5,12H2,1-4H3. The van der Waals surface area contributed by atoms with Crippen molar-refractivity contribution >= 4 is 0 Å². The molecule has 0 aliphatic heterocycles. The molecule has 0 bridgehead atoms. The van der Waals surface area contributed by atoms with E-state index >= 15 is 0 Å². The van der Waals surface area contributed by atoms with Gasteiger partial charge in [0.1, 0.15) is 0 Å². The minimum Gasteiger partial charge on any atom is -0.339 e. The largest absolute Gasteiger partial charge is 0.339 e. The van der Waals surface area contributed by atoms with Crippen molar-refractivity contribution in [2.24, 2.45) is 12.8 Å². The number of hydrogen-bond donors (Lipinski definition) is 1. The SMILES string of the molecule is CCc1nc(C(N)c2c(C)nn(C)c2C)no1. The topological polar surface area (TPSA) is 82.8 Å². The summed E-state index contributed by atoms with van der Waals surface area (Å²) in [6.45, 7) is 5.88. The molecule has 6 heteroatoms. The molecule has 0 aliphatic carbocycles. The molecular weight excluding hydrogens is 218 g/mol. The highest BCUT2D eigenvalue weighted by atomic mass is 16.5. The summed E-state index contributed by atoms with van der Waals surface area (Å²) in [5, 5.41) is 8.24. The molecule has 0 aliphatic rings. The van der Waals surface area contributed by atoms with Gasteiger partial charge in [-0.15, -0.1) is 0 Å². The number of rotatable bonds is 3. The van der Waals surface area contributed by atoms with Gasteiger partial charge in [0.15, 0.2) is 5.82 Å². The monoisotopic (exact) mass is 235 g/mol. The van der Waals surface area contributed by atoms with Gasteiger partial charge in [0.2, 0.25) is 5.89 Å². The van der Waals surface area contributed by atoms with Gasteiger partial charge in [-0.2, -0.15) is 10.1 Å². The quantitative estimate of drug-likeness (QED) is 0.859. The molecule has 6 nitrogen and oxygen atoms in total. The lowest BCUT2D eigenvalue weighted by Crippen LogP contribution is -2.15. The molecule has 0 fully saturated rings. The Labute approximate surface area is 99.8 Å². The Hall–Kier alpha value is -1.69. The van der Waals surface area contributed by atoms with E-state index in [9.17, 15) is 0 Å². The maximum atomic E-state index is 6.16. The Morgan fingerprint density at radius 1 is 1.41 bits per heavy atom. The van der Waals surface area contributed by atoms with Crippen LogP contribution in [0.4, 0.5) is 0 Å². The van der Waals surface area contributed by atoms with E-state index in [1.165, 1.54) is 0 Å². The van der Waals surface area contributed by atoms with Gasteiger partial charge in [0.05, 0.1) is 11.7 Å². The average molecular weight is 235 g/mol. The molecule has 2 heterocycles. The zero-order chi connectivity index (χ0) is 12.6. The van der Waals surface area contributed by atoms with Crippen molar-refractivity contribution in [3.8, 4) is 0 Å². The molecule has 2 rings (SSSR count). The molecule has 0 saturated carbocycles. The second-order valence-corrected chi connectivity index (χ2v) is 4.09. The number of aromatic nitrogens is 4. The predicted molar refractivity (Wildman–Crippen MR) is 62.4 cm³/mol. The molecule has 0 saturated heterocycles. The highest BCUT2D eigenvalue weighted by Gasteiger charge is 2.22. The van der Waals surface area contributed by atoms with Gasteiger partial charge in [-0.05, 0) is 13.8 Å². The van der Waals surface area contributed by atoms with Gasteiger partial charge < -0.3 is 10.3 Å². The van der Waals surface area contributed by atoms with Crippen LogP contribution in [-0.4, -0.2) is 19.9 Å². The van der Waals surface area contributed by atoms with E-state index in [0.717, 1.165) is 17.0 Å². The fraction of sp³-hybridized carbons (Fsp3) is 0.545. The van der Waals surface area contributed by atoms with Gasteiger partial charge in [-0.3, -0.25) is 4.68 Å². The van der Waals surface area contributed by atoms with Crippen molar-refractivity contribution in [1.82, 2.24) is 19.9 Å². The van der Waals surface area contributed by atoms with Crippen molar-refractivity contribution in [2.75, 3.05) is 0 Å². The maximum absolute atomic E-state index is 6.16. The van der Waals surface area contributed by atoms with E-state index in [-0.39, 0.29) is 6.04 Å². The first-order valence-corrected chi connectivity index (χ1v) is 5.62. The van der Waals surface area contributed by atoms with Crippen LogP contribution in [0.3, 0.4) is 0 Å². The smallest absolute Gasteiger partial charge is 0.226 e. The molecule has 1 atom stereocenters. The third-order valence-corrected chi connectivity index (χ3v) is 2.94. The third kappa shape index (κ3) is 1.95. The first-order chi connectivity index (χ1) is 8.04. The molecule has 17 heavy (non-hydrogen) atoms. The summed E-state index contributed by atoms with van der Waals surface area (Å²) in [5.41, 5.74) is 9.06. The van der Waals surface area contributed by atoms with Gasteiger partial charge in [-0.1, -0.05) is 12.1 Å². The van der Waals surface area contributed by atoms with Crippen LogP contribution in [0.5, 0.6) is 0 Å². The van der Waals surface area contributed by atoms with E-state index in [1.807, 2.05) is 32.5 Å². The second kappa shape index (κ2) is 4.29. The highest BCUT2D eigenvalue weighted by Crippen LogP contribution is 2.23. The zero-order valence-electron chi connectivity index (χ0n) is 10.6. The molecule has 0 aromatic carbocycles. The van der Waals surface area contributed by atoms with Crippen LogP contribution in [0.2, 0.25) is 0 Å². The zero-order valence-corrected chi connectivity index (χ0v) is 10.6. The third-order valence-electron chi connectivity index (χ3n) is 2.94. The maximum Gasteiger partial charge on any atom is 0.226 e. The number of aryl methyl sites for hydroxylation is 3. The lowest BCUT2D eigenvalue weighted by atomic mass is 10.1. The summed E-state index contributed by atoms with van der Waals surface area (Å²) >= 11 is 0. The number of nitrogens with two attached hydrogens (primary N) is 1. The molecule has 0 amide bonds. The lowest BCUT2D eigenvalue weighted by Gasteiger charge is -2.07. The Kier molecular flexibility index (Phi) is 2.97. The minimum atomic E-state index is -0.382. The van der Waals surface area contributed by atoms with Crippen LogP contribution in [0.15, 0.2) is 4.52 Å². The Morgan fingerprint density at radius 2 is 2.12 bits per heavy atom. The Balaban J connectivity index is 2.39. The van der Waals surface area contributed by atoms with Gasteiger partial charge >= 0.3 is 0 Å². The molecule has 0 radical (unpaired) electrons. The van der Waals surface area contributed by atoms with Crippen molar-refractivity contribution in [2.45, 2.75) is 33.2 Å². The Morgan fingerprint density at radius 3 is 2.59 bits per heavy atom. The van der Waals surface area contributed by atoms with E-state index in [0.29, 0.717) is 18.1 Å². The fourth-order valence-corrected chi connectivity index (χ4v) is 1.91. The van der Waals surface area contributed by atoms with Gasteiger partial charge in [-0.25, -0.2) is 0 Å². The van der Waals surface area contributed by atoms with Crippen LogP contribution in [0, 0.1) is 13.8 Å². The van der Waals surface area contributed by atoms with Crippen LogP contribution < -0.4 is 5.73 Å². The minimum absolute atomic E-state index is 0.382. The summed E-state index contributed by atoms with van der Waals surface area (Å²) in [6, 6.07) is -0.382. The first kappa shape index (κ1) is 11.8. The summed E-state index contributed by atoms with van der Waals surface area (Å²) in [4.78, 5) is 4.26. The summed E-state index contributed by atoms with van der Waals surface area (Å²) < 4.78 is 6.89. The normalized spacial score (nSPS) is 13.0. The number of nitrogens with zero attached hydrogens (tertiary/aromatic N) is 4. The van der Waals surface area contributed by atoms with Crippen LogP contribution >= 0.6 is 0 Å². The number of hydrogen-bond acceptors (Lipinski definition) is 5. The van der Waals surface area contributed by atoms with Crippen molar-refractivity contribution in [3.05, 3.63) is 28.7 Å². The molecule has 92 valence electrons. The molecule has 2 aromatic heterocycles. The average Bonchev–Trinajstić information content (AvgIpc) is 2.85. The molecule has 2 N–H and O–H groups in total. The predicted octanol–water partition coefficient (Wildman–Crippen LogP) is 1.03. The second-order valence-electron chi connectivity index (χ2n) is 4.09. The van der Waals surface area contributed by atoms with Crippen molar-refractivity contribution < 1.29 is 4.52 Å². The van der Waals surface area contributed by atoms with Crippen LogP contribution in [0.25, 0.3) is 0 Å². The fourth-order valence-electron chi connectivity index (χ4n) is 1.91. The molecule has 2 aromatic rings. The van der Waals surface area contributed by atoms with Crippen LogP contribution in [0.1, 0.15) is 41.6 Å². The molecular formula is C11H17N5O. The van der Waals surface area contributed by atoms with E-state index in [2.05, 4.69) is 15.2 Å². The summed E-state index contributed by atoms with van der Waals surface area (Å²) in [5.74, 6) is 1.12. The Bertz CT molecular complexity index is 528. The summed E-state index contributed by atoms with van der Waals surface area (Å²) in [7, 11) is 1.90. The van der Waals surface area contributed by atoms with E-state index < -0.39 is 0 Å². The van der Waals surface area contributed by atoms with Gasteiger partial charge in [0.25, 0.3) is 0 Å². The first-order valence-electron chi connectivity index (χ1n) is 5.62. The van der Waals surface area contributed by atoms with E-state index in [1.54, 1.807) is 0 Å². The van der Waals surface area contributed by atoms with Crippen LogP contribution in [-0.2, 0) is 13.5 Å². The van der Waals surface area contributed by atoms with Crippen molar-refractivity contribution in [3.63, 3.8) is 0 Å². The van der Waals surface area contributed by atoms with Crippen molar-refractivity contribution in [1.29, 1.82) is 0 Å². The highest BCUT2D eigenvalue weighted by molar-refractivity contribution is 5.31. The lowest BCUT2D eigenvalue weighted by molar-refractivity contribution is 0.375. The molecule has 1 unspecified atom stereocenters. The van der Waals surface area contributed by atoms with Gasteiger partial charge in [0, 0.05) is 24.7 Å².